The quantitative estimate of drug-likeness (QED) is 0.805. The summed E-state index contributed by atoms with van der Waals surface area (Å²) < 4.78 is 25.5. The molecule has 6 nitrogen and oxygen atoms in total. The van der Waals surface area contributed by atoms with E-state index in [0.29, 0.717) is 12.0 Å². The summed E-state index contributed by atoms with van der Waals surface area (Å²) in [7, 11) is -0.895. The number of nitrogens with zero attached hydrogens (tertiary/aromatic N) is 4. The maximum absolute atomic E-state index is 11.8. The second-order valence-corrected chi connectivity index (χ2v) is 9.36. The van der Waals surface area contributed by atoms with E-state index in [9.17, 15) is 8.42 Å². The highest BCUT2D eigenvalue weighted by Crippen LogP contribution is 2.27. The van der Waals surface area contributed by atoms with Crippen LogP contribution in [0.5, 0.6) is 0 Å². The molecule has 1 saturated heterocycles. The van der Waals surface area contributed by atoms with Crippen molar-refractivity contribution in [3.8, 4) is 6.07 Å². The van der Waals surface area contributed by atoms with E-state index in [4.69, 9.17) is 5.26 Å². The lowest BCUT2D eigenvalue weighted by Crippen LogP contribution is -2.19. The molecule has 0 amide bonds. The van der Waals surface area contributed by atoms with Crippen LogP contribution in [-0.4, -0.2) is 41.7 Å². The standard InChI is InChI=1S/C19H24N4O2S/c1-14-19(12-22(3)11-17-6-4-5-16(9-17)10-20)15(2)23(21-14)18-7-8-26(24,25)13-18/h4-6,9,18H,7-8,11-13H2,1-3H3/t18-/m0/s1. The van der Waals surface area contributed by atoms with E-state index in [1.165, 1.54) is 0 Å². The van der Waals surface area contributed by atoms with Crippen LogP contribution in [0.15, 0.2) is 24.3 Å². The number of aromatic nitrogens is 2. The minimum absolute atomic E-state index is 0.0509. The van der Waals surface area contributed by atoms with E-state index in [1.54, 1.807) is 6.07 Å². The SMILES string of the molecule is Cc1nn([C@H]2CCS(=O)(=O)C2)c(C)c1CN(C)Cc1cccc(C#N)c1. The minimum Gasteiger partial charge on any atom is -0.298 e. The Morgan fingerprint density at radius 2 is 2.12 bits per heavy atom. The maximum Gasteiger partial charge on any atom is 0.152 e. The second kappa shape index (κ2) is 7.22. The van der Waals surface area contributed by atoms with Gasteiger partial charge in [-0.2, -0.15) is 10.4 Å². The van der Waals surface area contributed by atoms with E-state index < -0.39 is 9.84 Å². The van der Waals surface area contributed by atoms with Crippen molar-refractivity contribution in [3.63, 3.8) is 0 Å². The number of benzene rings is 1. The smallest absolute Gasteiger partial charge is 0.152 e. The summed E-state index contributed by atoms with van der Waals surface area (Å²) in [6.07, 6.45) is 0.639. The number of rotatable bonds is 5. The highest BCUT2D eigenvalue weighted by atomic mass is 32.2. The van der Waals surface area contributed by atoms with Crippen LogP contribution in [0.25, 0.3) is 0 Å². The van der Waals surface area contributed by atoms with Gasteiger partial charge in [0.15, 0.2) is 9.84 Å². The fourth-order valence-corrected chi connectivity index (χ4v) is 5.32. The van der Waals surface area contributed by atoms with Gasteiger partial charge in [-0.1, -0.05) is 12.1 Å². The van der Waals surface area contributed by atoms with E-state index >= 15 is 0 Å². The van der Waals surface area contributed by atoms with Crippen LogP contribution in [0.2, 0.25) is 0 Å². The second-order valence-electron chi connectivity index (χ2n) is 7.14. The zero-order chi connectivity index (χ0) is 18.9. The van der Waals surface area contributed by atoms with Gasteiger partial charge < -0.3 is 0 Å². The van der Waals surface area contributed by atoms with Gasteiger partial charge in [0, 0.05) is 24.3 Å². The Balaban J connectivity index is 1.74. The van der Waals surface area contributed by atoms with Crippen molar-refractivity contribution >= 4 is 9.84 Å². The van der Waals surface area contributed by atoms with Gasteiger partial charge in [-0.25, -0.2) is 8.42 Å². The van der Waals surface area contributed by atoms with Crippen molar-refractivity contribution in [2.24, 2.45) is 0 Å². The van der Waals surface area contributed by atoms with Gasteiger partial charge >= 0.3 is 0 Å². The number of nitriles is 1. The molecule has 0 radical (unpaired) electrons. The van der Waals surface area contributed by atoms with Gasteiger partial charge in [0.2, 0.25) is 0 Å². The molecule has 26 heavy (non-hydrogen) atoms. The topological polar surface area (TPSA) is 79.0 Å². The summed E-state index contributed by atoms with van der Waals surface area (Å²) in [6, 6.07) is 9.74. The highest BCUT2D eigenvalue weighted by molar-refractivity contribution is 7.91. The van der Waals surface area contributed by atoms with Gasteiger partial charge in [0.1, 0.15) is 0 Å². The molecule has 7 heteroatoms. The lowest BCUT2D eigenvalue weighted by molar-refractivity contribution is 0.317. The zero-order valence-electron chi connectivity index (χ0n) is 15.4. The van der Waals surface area contributed by atoms with E-state index in [2.05, 4.69) is 16.1 Å². The van der Waals surface area contributed by atoms with Crippen LogP contribution in [-0.2, 0) is 22.9 Å². The Morgan fingerprint density at radius 3 is 2.77 bits per heavy atom. The van der Waals surface area contributed by atoms with E-state index in [-0.39, 0.29) is 17.5 Å². The molecule has 3 rings (SSSR count). The van der Waals surface area contributed by atoms with Crippen molar-refractivity contribution < 1.29 is 8.42 Å². The average Bonchev–Trinajstić information content (AvgIpc) is 3.08. The molecule has 1 aliphatic rings. The predicted molar refractivity (Wildman–Crippen MR) is 100 cm³/mol. The monoisotopic (exact) mass is 372 g/mol. The van der Waals surface area contributed by atoms with Gasteiger partial charge in [-0.05, 0) is 45.0 Å². The van der Waals surface area contributed by atoms with Gasteiger partial charge in [0.05, 0.1) is 34.9 Å². The number of aryl methyl sites for hydroxylation is 1. The molecule has 138 valence electrons. The van der Waals surface area contributed by atoms with E-state index in [0.717, 1.165) is 35.6 Å². The Kier molecular flexibility index (Phi) is 5.17. The van der Waals surface area contributed by atoms with Gasteiger partial charge in [-0.15, -0.1) is 0 Å². The summed E-state index contributed by atoms with van der Waals surface area (Å²) in [6.45, 7) is 5.46. The number of hydrogen-bond donors (Lipinski definition) is 0. The zero-order valence-corrected chi connectivity index (χ0v) is 16.3. The molecule has 0 aliphatic carbocycles. The van der Waals surface area contributed by atoms with Crippen LogP contribution in [0, 0.1) is 25.2 Å². The highest BCUT2D eigenvalue weighted by Gasteiger charge is 2.31. The molecule has 0 spiro atoms. The first-order chi connectivity index (χ1) is 12.3. The van der Waals surface area contributed by atoms with E-state index in [1.807, 2.05) is 43.8 Å². The Labute approximate surface area is 155 Å². The molecule has 1 atom stereocenters. The lowest BCUT2D eigenvalue weighted by atomic mass is 10.1. The Morgan fingerprint density at radius 1 is 1.35 bits per heavy atom. The third-order valence-electron chi connectivity index (χ3n) is 4.97. The first-order valence-electron chi connectivity index (χ1n) is 8.71. The Bertz CT molecular complexity index is 956. The van der Waals surface area contributed by atoms with Crippen LogP contribution >= 0.6 is 0 Å². The number of hydrogen-bond acceptors (Lipinski definition) is 5. The molecule has 1 fully saturated rings. The summed E-state index contributed by atoms with van der Waals surface area (Å²) in [5.74, 6) is 0.436. The lowest BCUT2D eigenvalue weighted by Gasteiger charge is -2.18. The summed E-state index contributed by atoms with van der Waals surface area (Å²) >= 11 is 0. The predicted octanol–water partition coefficient (Wildman–Crippen LogP) is 2.36. The molecule has 1 aromatic heterocycles. The molecule has 0 bridgehead atoms. The minimum atomic E-state index is -2.93. The molecule has 2 heterocycles. The molecule has 1 aliphatic heterocycles. The van der Waals surface area contributed by atoms with Crippen LogP contribution in [0.1, 0.15) is 40.5 Å². The normalized spacial score (nSPS) is 19.0. The maximum atomic E-state index is 11.8. The van der Waals surface area contributed by atoms with Crippen LogP contribution in [0.3, 0.4) is 0 Å². The third kappa shape index (κ3) is 3.97. The molecule has 1 aromatic carbocycles. The van der Waals surface area contributed by atoms with Crippen molar-refractivity contribution in [2.75, 3.05) is 18.6 Å². The van der Waals surface area contributed by atoms with Crippen LogP contribution < -0.4 is 0 Å². The third-order valence-corrected chi connectivity index (χ3v) is 6.72. The van der Waals surface area contributed by atoms with Crippen LogP contribution in [0.4, 0.5) is 0 Å². The molecule has 2 aromatic rings. The fourth-order valence-electron chi connectivity index (χ4n) is 3.63. The summed E-state index contributed by atoms with van der Waals surface area (Å²) in [4.78, 5) is 2.18. The summed E-state index contributed by atoms with van der Waals surface area (Å²) in [5, 5.41) is 13.7. The summed E-state index contributed by atoms with van der Waals surface area (Å²) in [5.41, 5.74) is 4.90. The van der Waals surface area contributed by atoms with Crippen molar-refractivity contribution in [3.05, 3.63) is 52.3 Å². The molecule has 0 unspecified atom stereocenters. The van der Waals surface area contributed by atoms with Gasteiger partial charge in [0.25, 0.3) is 0 Å². The molecule has 0 saturated carbocycles. The molecular formula is C19H24N4O2S. The first kappa shape index (κ1) is 18.6. The van der Waals surface area contributed by atoms with Crippen molar-refractivity contribution in [1.29, 1.82) is 5.26 Å². The van der Waals surface area contributed by atoms with Crippen molar-refractivity contribution in [2.45, 2.75) is 39.4 Å². The Hall–Kier alpha value is -2.17. The van der Waals surface area contributed by atoms with Gasteiger partial charge in [-0.3, -0.25) is 9.58 Å². The fraction of sp³-hybridized carbons (Fsp3) is 0.474. The largest absolute Gasteiger partial charge is 0.298 e. The first-order valence-corrected chi connectivity index (χ1v) is 10.5. The average molecular weight is 372 g/mol. The number of sulfone groups is 1. The molecule has 0 N–H and O–H groups in total. The van der Waals surface area contributed by atoms with Crippen molar-refractivity contribution in [1.82, 2.24) is 14.7 Å². The molecular weight excluding hydrogens is 348 g/mol.